The molecule has 0 fully saturated rings. The smallest absolute Gasteiger partial charge is 0.113 e. The van der Waals surface area contributed by atoms with Gasteiger partial charge in [0.05, 0.1) is 0 Å². The number of hydrogen-bond acceptors (Lipinski definition) is 2. The van der Waals surface area contributed by atoms with Crippen molar-refractivity contribution < 1.29 is 4.42 Å². The Hall–Kier alpha value is -0.370. The molecule has 8 heavy (non-hydrogen) atoms. The maximum absolute atomic E-state index is 5.16. The van der Waals surface area contributed by atoms with E-state index < -0.39 is 0 Å². The van der Waals surface area contributed by atoms with Crippen molar-refractivity contribution >= 4 is 12.6 Å². The Kier molecular flexibility index (Phi) is 1.63. The molecular weight excluding hydrogens is 120 g/mol. The fourth-order valence-electron chi connectivity index (χ4n) is 0.570. The number of furan rings is 1. The van der Waals surface area contributed by atoms with Crippen LogP contribution in [-0.2, 0) is 5.75 Å². The summed E-state index contributed by atoms with van der Waals surface area (Å²) >= 11 is 4.03. The third kappa shape index (κ3) is 1.07. The van der Waals surface area contributed by atoms with E-state index in [2.05, 4.69) is 12.6 Å². The second-order valence-corrected chi connectivity index (χ2v) is 1.99. The average molecular weight is 128 g/mol. The van der Waals surface area contributed by atoms with Crippen LogP contribution in [0.25, 0.3) is 0 Å². The number of aryl methyl sites for hydroxylation is 1. The molecule has 2 heteroatoms. The van der Waals surface area contributed by atoms with E-state index in [4.69, 9.17) is 4.42 Å². The molecule has 0 atom stereocenters. The molecule has 0 saturated heterocycles. The van der Waals surface area contributed by atoms with E-state index in [0.717, 1.165) is 11.5 Å². The van der Waals surface area contributed by atoms with Gasteiger partial charge < -0.3 is 4.42 Å². The molecule has 1 rings (SSSR count). The Morgan fingerprint density at radius 3 is 2.62 bits per heavy atom. The summed E-state index contributed by atoms with van der Waals surface area (Å²) in [5, 5.41) is 0. The van der Waals surface area contributed by atoms with Gasteiger partial charge in [-0.2, -0.15) is 12.6 Å². The second-order valence-electron chi connectivity index (χ2n) is 1.67. The van der Waals surface area contributed by atoms with Crippen LogP contribution in [-0.4, -0.2) is 0 Å². The summed E-state index contributed by atoms with van der Waals surface area (Å²) in [5.74, 6) is 2.58. The highest BCUT2D eigenvalue weighted by Gasteiger charge is 1.91. The molecule has 0 N–H and O–H groups in total. The van der Waals surface area contributed by atoms with E-state index >= 15 is 0 Å². The number of rotatable bonds is 1. The predicted octanol–water partition coefficient (Wildman–Crippen LogP) is 2.02. The first-order valence-electron chi connectivity index (χ1n) is 2.49. The van der Waals surface area contributed by atoms with Gasteiger partial charge in [-0.05, 0) is 19.1 Å². The lowest BCUT2D eigenvalue weighted by Crippen LogP contribution is -1.64. The van der Waals surface area contributed by atoms with Crippen molar-refractivity contribution in [2.75, 3.05) is 0 Å². The quantitative estimate of drug-likeness (QED) is 0.571. The predicted molar refractivity (Wildman–Crippen MR) is 36.1 cm³/mol. The fraction of sp³-hybridized carbons (Fsp3) is 0.333. The highest BCUT2D eigenvalue weighted by Crippen LogP contribution is 2.07. The molecule has 0 unspecified atom stereocenters. The Morgan fingerprint density at radius 1 is 1.62 bits per heavy atom. The Bertz CT molecular complexity index is 169. The molecule has 0 aliphatic rings. The maximum atomic E-state index is 5.16. The van der Waals surface area contributed by atoms with Crippen LogP contribution in [0.4, 0.5) is 0 Å². The lowest BCUT2D eigenvalue weighted by atomic mass is 10.5. The molecule has 1 heterocycles. The lowest BCUT2D eigenvalue weighted by molar-refractivity contribution is 0.501. The summed E-state index contributed by atoms with van der Waals surface area (Å²) < 4.78 is 5.16. The first kappa shape index (κ1) is 5.76. The molecule has 0 radical (unpaired) electrons. The van der Waals surface area contributed by atoms with Crippen LogP contribution < -0.4 is 0 Å². The second kappa shape index (κ2) is 2.27. The summed E-state index contributed by atoms with van der Waals surface area (Å²) in [5.41, 5.74) is 0. The van der Waals surface area contributed by atoms with Crippen LogP contribution >= 0.6 is 12.6 Å². The average Bonchev–Trinajstić information content (AvgIpc) is 2.14. The van der Waals surface area contributed by atoms with Gasteiger partial charge in [0.25, 0.3) is 0 Å². The van der Waals surface area contributed by atoms with Crippen LogP contribution in [0.15, 0.2) is 16.5 Å². The van der Waals surface area contributed by atoms with Gasteiger partial charge in [-0.3, -0.25) is 0 Å². The minimum absolute atomic E-state index is 0.688. The Morgan fingerprint density at radius 2 is 2.38 bits per heavy atom. The summed E-state index contributed by atoms with van der Waals surface area (Å²) in [4.78, 5) is 0. The van der Waals surface area contributed by atoms with E-state index in [1.165, 1.54) is 0 Å². The standard InChI is InChI=1S/C6H8OS/c1-5-2-3-6(4-8)7-5/h2-3,8H,4H2,1H3. The molecule has 1 nitrogen and oxygen atoms in total. The van der Waals surface area contributed by atoms with Crippen molar-refractivity contribution in [3.05, 3.63) is 23.7 Å². The van der Waals surface area contributed by atoms with Crippen LogP contribution in [0.5, 0.6) is 0 Å². The zero-order valence-electron chi connectivity index (χ0n) is 4.72. The SMILES string of the molecule is Cc1ccc(CS)o1. The van der Waals surface area contributed by atoms with E-state index in [1.807, 2.05) is 19.1 Å². The molecule has 0 amide bonds. The Balaban J connectivity index is 2.84. The van der Waals surface area contributed by atoms with Gasteiger partial charge in [0.1, 0.15) is 11.5 Å². The van der Waals surface area contributed by atoms with Crippen LogP contribution in [0, 0.1) is 6.92 Å². The third-order valence-corrected chi connectivity index (χ3v) is 1.26. The maximum Gasteiger partial charge on any atom is 0.113 e. The molecule has 0 saturated carbocycles. The van der Waals surface area contributed by atoms with Crippen LogP contribution in [0.3, 0.4) is 0 Å². The topological polar surface area (TPSA) is 13.1 Å². The summed E-state index contributed by atoms with van der Waals surface area (Å²) in [7, 11) is 0. The molecular formula is C6H8OS. The van der Waals surface area contributed by atoms with E-state index in [-0.39, 0.29) is 0 Å². The highest BCUT2D eigenvalue weighted by molar-refractivity contribution is 7.79. The molecule has 1 aromatic heterocycles. The van der Waals surface area contributed by atoms with Gasteiger partial charge in [0, 0.05) is 5.75 Å². The summed E-state index contributed by atoms with van der Waals surface area (Å²) in [6, 6.07) is 3.87. The monoisotopic (exact) mass is 128 g/mol. The van der Waals surface area contributed by atoms with Gasteiger partial charge >= 0.3 is 0 Å². The minimum Gasteiger partial charge on any atom is -0.466 e. The summed E-state index contributed by atoms with van der Waals surface area (Å²) in [6.45, 7) is 1.92. The van der Waals surface area contributed by atoms with Crippen molar-refractivity contribution in [2.45, 2.75) is 12.7 Å². The third-order valence-electron chi connectivity index (χ3n) is 0.952. The van der Waals surface area contributed by atoms with Gasteiger partial charge in [-0.1, -0.05) is 0 Å². The van der Waals surface area contributed by atoms with Crippen molar-refractivity contribution in [3.63, 3.8) is 0 Å². The first-order chi connectivity index (χ1) is 3.83. The molecule has 44 valence electrons. The zero-order valence-corrected chi connectivity index (χ0v) is 5.61. The molecule has 0 bridgehead atoms. The van der Waals surface area contributed by atoms with Crippen LogP contribution in [0.2, 0.25) is 0 Å². The van der Waals surface area contributed by atoms with E-state index in [0.29, 0.717) is 5.75 Å². The number of thiol groups is 1. The normalized spacial score (nSPS) is 9.75. The molecule has 0 aromatic carbocycles. The molecule has 0 aliphatic heterocycles. The van der Waals surface area contributed by atoms with E-state index in [9.17, 15) is 0 Å². The van der Waals surface area contributed by atoms with Gasteiger partial charge in [-0.25, -0.2) is 0 Å². The molecule has 0 aliphatic carbocycles. The van der Waals surface area contributed by atoms with Crippen LogP contribution in [0.1, 0.15) is 11.5 Å². The fourth-order valence-corrected chi connectivity index (χ4v) is 0.740. The minimum atomic E-state index is 0.688. The van der Waals surface area contributed by atoms with Crippen molar-refractivity contribution in [1.29, 1.82) is 0 Å². The number of hydrogen-bond donors (Lipinski definition) is 1. The van der Waals surface area contributed by atoms with Gasteiger partial charge in [0.15, 0.2) is 0 Å². The zero-order chi connectivity index (χ0) is 5.98. The molecule has 1 aromatic rings. The van der Waals surface area contributed by atoms with Crippen molar-refractivity contribution in [2.24, 2.45) is 0 Å². The van der Waals surface area contributed by atoms with Crippen molar-refractivity contribution in [3.8, 4) is 0 Å². The first-order valence-corrected chi connectivity index (χ1v) is 3.12. The van der Waals surface area contributed by atoms with Gasteiger partial charge in [0.2, 0.25) is 0 Å². The van der Waals surface area contributed by atoms with Crippen molar-refractivity contribution in [1.82, 2.24) is 0 Å². The highest BCUT2D eigenvalue weighted by atomic mass is 32.1. The lowest BCUT2D eigenvalue weighted by Gasteiger charge is -1.82. The Labute approximate surface area is 54.1 Å². The van der Waals surface area contributed by atoms with Gasteiger partial charge in [-0.15, -0.1) is 0 Å². The molecule has 0 spiro atoms. The largest absolute Gasteiger partial charge is 0.466 e. The summed E-state index contributed by atoms with van der Waals surface area (Å²) in [6.07, 6.45) is 0. The van der Waals surface area contributed by atoms with E-state index in [1.54, 1.807) is 0 Å².